The predicted molar refractivity (Wildman–Crippen MR) is 61.3 cm³/mol. The second-order valence-corrected chi connectivity index (χ2v) is 5.36. The Morgan fingerprint density at radius 1 is 1.14 bits per heavy atom. The van der Waals surface area contributed by atoms with Crippen LogP contribution in [0.4, 0.5) is 35.1 Å². The standard InChI is InChI=1S/C12H16F8NO/c1-21(4-2-3-5-21)6-7-22-8-10(15,16)12(19,20)11(17,18)9(13)14/h2,4,9H,3,5-8H2,1H3/q+1. The van der Waals surface area contributed by atoms with Crippen LogP contribution in [0.3, 0.4) is 0 Å². The second-order valence-electron chi connectivity index (χ2n) is 5.36. The van der Waals surface area contributed by atoms with E-state index in [-0.39, 0.29) is 6.54 Å². The minimum absolute atomic E-state index is 0.170. The number of likely N-dealkylation sites (N-methyl/N-ethyl adjacent to an activating group) is 1. The first-order chi connectivity index (χ1) is 9.86. The molecule has 0 saturated heterocycles. The first kappa shape index (κ1) is 19.1. The minimum Gasteiger partial charge on any atom is -0.369 e. The van der Waals surface area contributed by atoms with Crippen molar-refractivity contribution in [1.82, 2.24) is 0 Å². The lowest BCUT2D eigenvalue weighted by Gasteiger charge is -2.32. The fourth-order valence-electron chi connectivity index (χ4n) is 1.90. The van der Waals surface area contributed by atoms with E-state index in [1.165, 1.54) is 0 Å². The van der Waals surface area contributed by atoms with Crippen molar-refractivity contribution in [3.05, 3.63) is 12.3 Å². The van der Waals surface area contributed by atoms with E-state index in [4.69, 9.17) is 0 Å². The quantitative estimate of drug-likeness (QED) is 0.372. The highest BCUT2D eigenvalue weighted by molar-refractivity contribution is 4.97. The van der Waals surface area contributed by atoms with Gasteiger partial charge in [-0.1, -0.05) is 0 Å². The van der Waals surface area contributed by atoms with Gasteiger partial charge in [0.25, 0.3) is 0 Å². The van der Waals surface area contributed by atoms with E-state index in [2.05, 4.69) is 4.74 Å². The molecule has 10 heteroatoms. The molecule has 0 fully saturated rings. The minimum atomic E-state index is -6.21. The molecule has 0 saturated carbocycles. The van der Waals surface area contributed by atoms with Crippen molar-refractivity contribution < 1.29 is 44.3 Å². The smallest absolute Gasteiger partial charge is 0.369 e. The molecule has 1 atom stereocenters. The molecule has 1 aliphatic rings. The molecule has 22 heavy (non-hydrogen) atoms. The summed E-state index contributed by atoms with van der Waals surface area (Å²) in [5.74, 6) is -17.8. The maximum absolute atomic E-state index is 13.1. The van der Waals surface area contributed by atoms with Gasteiger partial charge in [-0.25, -0.2) is 8.78 Å². The molecule has 0 bridgehead atoms. The molecule has 0 aromatic heterocycles. The van der Waals surface area contributed by atoms with Crippen molar-refractivity contribution in [2.45, 2.75) is 30.6 Å². The molecule has 2 nitrogen and oxygen atoms in total. The third-order valence-electron chi connectivity index (χ3n) is 3.45. The van der Waals surface area contributed by atoms with Crippen LogP contribution in [-0.2, 0) is 4.74 Å². The molecular formula is C12H16F8NO+. The third-order valence-corrected chi connectivity index (χ3v) is 3.45. The van der Waals surface area contributed by atoms with E-state index in [0.717, 1.165) is 6.42 Å². The molecule has 0 N–H and O–H groups in total. The number of rotatable bonds is 8. The summed E-state index contributed by atoms with van der Waals surface area (Å²) in [4.78, 5) is 0. The van der Waals surface area contributed by atoms with Crippen LogP contribution in [0.5, 0.6) is 0 Å². The van der Waals surface area contributed by atoms with E-state index >= 15 is 0 Å². The highest BCUT2D eigenvalue weighted by atomic mass is 19.4. The average molecular weight is 342 g/mol. The topological polar surface area (TPSA) is 9.23 Å². The van der Waals surface area contributed by atoms with Crippen molar-refractivity contribution in [3.63, 3.8) is 0 Å². The Morgan fingerprint density at radius 3 is 2.18 bits per heavy atom. The summed E-state index contributed by atoms with van der Waals surface area (Å²) < 4.78 is 106. The van der Waals surface area contributed by atoms with Crippen molar-refractivity contribution in [1.29, 1.82) is 0 Å². The second kappa shape index (κ2) is 6.31. The lowest BCUT2D eigenvalue weighted by atomic mass is 10.1. The molecule has 0 aromatic carbocycles. The number of hydrogen-bond donors (Lipinski definition) is 0. The van der Waals surface area contributed by atoms with E-state index in [9.17, 15) is 35.1 Å². The van der Waals surface area contributed by atoms with Gasteiger partial charge in [-0.2, -0.15) is 26.3 Å². The first-order valence-electron chi connectivity index (χ1n) is 6.37. The maximum atomic E-state index is 13.1. The number of hydrogen-bond acceptors (Lipinski definition) is 1. The van der Waals surface area contributed by atoms with Crippen LogP contribution in [0.2, 0.25) is 0 Å². The van der Waals surface area contributed by atoms with Gasteiger partial charge >= 0.3 is 24.2 Å². The first-order valence-corrected chi connectivity index (χ1v) is 6.37. The molecule has 1 unspecified atom stereocenters. The molecular weight excluding hydrogens is 326 g/mol. The van der Waals surface area contributed by atoms with Crippen molar-refractivity contribution in [3.8, 4) is 0 Å². The largest absolute Gasteiger partial charge is 0.380 e. The highest BCUT2D eigenvalue weighted by Crippen LogP contribution is 2.48. The number of quaternary nitrogens is 1. The molecule has 130 valence electrons. The number of alkyl halides is 8. The molecule has 1 heterocycles. The van der Waals surface area contributed by atoms with Gasteiger partial charge in [-0.3, -0.25) is 4.48 Å². The molecule has 1 rings (SSSR count). The van der Waals surface area contributed by atoms with Gasteiger partial charge in [0.05, 0.1) is 26.4 Å². The van der Waals surface area contributed by atoms with Crippen molar-refractivity contribution >= 4 is 0 Å². The summed E-state index contributed by atoms with van der Waals surface area (Å²) in [5, 5.41) is 0. The Morgan fingerprint density at radius 2 is 1.73 bits per heavy atom. The Labute approximate surface area is 121 Å². The summed E-state index contributed by atoms with van der Waals surface area (Å²) in [6, 6.07) is 0. The van der Waals surface area contributed by atoms with Crippen molar-refractivity contribution in [2.24, 2.45) is 0 Å². The van der Waals surface area contributed by atoms with Crippen LogP contribution < -0.4 is 0 Å². The Balaban J connectivity index is 2.57. The Kier molecular flexibility index (Phi) is 5.49. The lowest BCUT2D eigenvalue weighted by molar-refractivity contribution is -0.854. The summed E-state index contributed by atoms with van der Waals surface area (Å²) in [7, 11) is 1.74. The fraction of sp³-hybridized carbons (Fsp3) is 0.833. The fourth-order valence-corrected chi connectivity index (χ4v) is 1.90. The van der Waals surface area contributed by atoms with Crippen LogP contribution in [-0.4, -0.2) is 62.0 Å². The maximum Gasteiger partial charge on any atom is 0.380 e. The molecule has 0 radical (unpaired) electrons. The average Bonchev–Trinajstić information content (AvgIpc) is 2.81. The van der Waals surface area contributed by atoms with E-state index in [0.29, 0.717) is 11.0 Å². The van der Waals surface area contributed by atoms with Gasteiger partial charge in [0.1, 0.15) is 13.2 Å². The van der Waals surface area contributed by atoms with Crippen LogP contribution >= 0.6 is 0 Å². The summed E-state index contributed by atoms with van der Waals surface area (Å²) in [5.41, 5.74) is 0. The highest BCUT2D eigenvalue weighted by Gasteiger charge is 2.75. The van der Waals surface area contributed by atoms with E-state index < -0.39 is 37.4 Å². The van der Waals surface area contributed by atoms with Crippen LogP contribution in [0, 0.1) is 0 Å². The zero-order chi connectivity index (χ0) is 17.2. The van der Waals surface area contributed by atoms with Gasteiger partial charge < -0.3 is 4.74 Å². The predicted octanol–water partition coefficient (Wildman–Crippen LogP) is 3.54. The monoisotopic (exact) mass is 342 g/mol. The van der Waals surface area contributed by atoms with Crippen LogP contribution in [0.15, 0.2) is 12.3 Å². The SMILES string of the molecule is C[N+]1(CCOCC(F)(F)C(F)(F)C(F)(F)C(F)F)C=CCC1. The lowest BCUT2D eigenvalue weighted by Crippen LogP contribution is -2.59. The van der Waals surface area contributed by atoms with Crippen LogP contribution in [0.1, 0.15) is 6.42 Å². The Hall–Kier alpha value is -0.900. The third kappa shape index (κ3) is 3.70. The van der Waals surface area contributed by atoms with Gasteiger partial charge in [-0.15, -0.1) is 0 Å². The molecule has 0 aliphatic carbocycles. The molecule has 1 aliphatic heterocycles. The van der Waals surface area contributed by atoms with Gasteiger partial charge in [0, 0.05) is 6.42 Å². The summed E-state index contributed by atoms with van der Waals surface area (Å²) >= 11 is 0. The number of nitrogens with zero attached hydrogens (tertiary/aromatic N) is 1. The van der Waals surface area contributed by atoms with Gasteiger partial charge in [0.2, 0.25) is 0 Å². The van der Waals surface area contributed by atoms with E-state index in [1.807, 2.05) is 6.08 Å². The van der Waals surface area contributed by atoms with Gasteiger partial charge in [-0.05, 0) is 6.08 Å². The van der Waals surface area contributed by atoms with Crippen molar-refractivity contribution in [2.75, 3.05) is 33.4 Å². The Bertz CT molecular complexity index is 412. The molecule has 0 amide bonds. The zero-order valence-electron chi connectivity index (χ0n) is 11.6. The van der Waals surface area contributed by atoms with E-state index in [1.54, 1.807) is 13.2 Å². The molecule has 0 aromatic rings. The van der Waals surface area contributed by atoms with Crippen LogP contribution in [0.25, 0.3) is 0 Å². The summed E-state index contributed by atoms with van der Waals surface area (Å²) in [6.07, 6.45) is -0.550. The zero-order valence-corrected chi connectivity index (χ0v) is 11.6. The normalized spacial score (nSPS) is 23.5. The van der Waals surface area contributed by atoms with Gasteiger partial charge in [0.15, 0.2) is 0 Å². The summed E-state index contributed by atoms with van der Waals surface area (Å²) in [6.45, 7) is -1.62. The number of ether oxygens (including phenoxy) is 1. The number of halogens is 8. The molecule has 0 spiro atoms.